The number of Topliss-reactive ketones (excluding diaryl/α,β-unsaturated/α-hetero) is 1. The summed E-state index contributed by atoms with van der Waals surface area (Å²) in [6, 6.07) is 13.8. The summed E-state index contributed by atoms with van der Waals surface area (Å²) in [5.74, 6) is -0.0640. The van der Waals surface area contributed by atoms with Gasteiger partial charge in [0.1, 0.15) is 5.82 Å². The quantitative estimate of drug-likeness (QED) is 0.469. The van der Waals surface area contributed by atoms with Gasteiger partial charge in [-0.25, -0.2) is 9.37 Å². The largest absolute Gasteiger partial charge is 0.293 e. The number of benzene rings is 2. The number of aromatic nitrogens is 1. The van der Waals surface area contributed by atoms with Crippen molar-refractivity contribution in [3.8, 4) is 11.3 Å². The lowest BCUT2D eigenvalue weighted by molar-refractivity contribution is 0.102. The van der Waals surface area contributed by atoms with Crippen LogP contribution in [0.5, 0.6) is 0 Å². The zero-order valence-corrected chi connectivity index (χ0v) is 14.1. The summed E-state index contributed by atoms with van der Waals surface area (Å²) in [5.41, 5.74) is 3.73. The van der Waals surface area contributed by atoms with Crippen LogP contribution in [0, 0.1) is 12.7 Å². The minimum absolute atomic E-state index is 0.0258. The first-order valence-corrected chi connectivity index (χ1v) is 8.92. The fourth-order valence-electron chi connectivity index (χ4n) is 2.03. The third-order valence-electron chi connectivity index (χ3n) is 3.32. The molecule has 0 radical (unpaired) electrons. The Morgan fingerprint density at radius 3 is 2.52 bits per heavy atom. The van der Waals surface area contributed by atoms with Gasteiger partial charge in [0.05, 0.1) is 11.4 Å². The molecule has 116 valence electrons. The molecule has 0 N–H and O–H groups in total. The molecule has 0 bridgehead atoms. The Kier molecular flexibility index (Phi) is 4.88. The zero-order chi connectivity index (χ0) is 16.2. The maximum Gasteiger partial charge on any atom is 0.173 e. The topological polar surface area (TPSA) is 30.0 Å². The fourth-order valence-corrected chi connectivity index (χ4v) is 3.76. The van der Waals surface area contributed by atoms with Gasteiger partial charge in [0.15, 0.2) is 10.1 Å². The molecular weight excluding hydrogens is 329 g/mol. The van der Waals surface area contributed by atoms with E-state index >= 15 is 0 Å². The van der Waals surface area contributed by atoms with Crippen LogP contribution in [-0.2, 0) is 0 Å². The zero-order valence-electron chi connectivity index (χ0n) is 12.5. The SMILES string of the molecule is Cc1ccc(-c2csc(SCC(=O)c3ccc(F)cc3)n2)cc1. The number of carbonyl (C=O) groups is 1. The second-order valence-corrected chi connectivity index (χ2v) is 7.16. The maximum atomic E-state index is 12.9. The first-order chi connectivity index (χ1) is 11.1. The van der Waals surface area contributed by atoms with Crippen LogP contribution in [0.1, 0.15) is 15.9 Å². The van der Waals surface area contributed by atoms with Gasteiger partial charge < -0.3 is 0 Å². The van der Waals surface area contributed by atoms with Crippen LogP contribution in [0.3, 0.4) is 0 Å². The Hall–Kier alpha value is -1.98. The van der Waals surface area contributed by atoms with Crippen molar-refractivity contribution in [2.75, 3.05) is 5.75 Å². The predicted molar refractivity (Wildman–Crippen MR) is 93.7 cm³/mol. The number of thioether (sulfide) groups is 1. The number of hydrogen-bond donors (Lipinski definition) is 0. The van der Waals surface area contributed by atoms with E-state index in [4.69, 9.17) is 0 Å². The highest BCUT2D eigenvalue weighted by Gasteiger charge is 2.10. The first-order valence-electron chi connectivity index (χ1n) is 7.06. The molecule has 0 aliphatic heterocycles. The van der Waals surface area contributed by atoms with Crippen molar-refractivity contribution in [3.05, 3.63) is 70.9 Å². The lowest BCUT2D eigenvalue weighted by Gasteiger charge is -1.99. The van der Waals surface area contributed by atoms with Gasteiger partial charge in [0.2, 0.25) is 0 Å². The van der Waals surface area contributed by atoms with Crippen LogP contribution in [-0.4, -0.2) is 16.5 Å². The molecule has 2 nitrogen and oxygen atoms in total. The van der Waals surface area contributed by atoms with Crippen molar-refractivity contribution in [2.24, 2.45) is 0 Å². The third kappa shape index (κ3) is 4.06. The molecule has 0 amide bonds. The molecule has 5 heteroatoms. The lowest BCUT2D eigenvalue weighted by Crippen LogP contribution is -2.02. The summed E-state index contributed by atoms with van der Waals surface area (Å²) >= 11 is 2.94. The molecule has 1 aromatic heterocycles. The van der Waals surface area contributed by atoms with E-state index in [1.165, 1.54) is 52.9 Å². The average Bonchev–Trinajstić information content (AvgIpc) is 3.03. The standard InChI is InChI=1S/C18H14FNOS2/c1-12-2-4-13(5-3-12)16-10-22-18(20-16)23-11-17(21)14-6-8-15(19)9-7-14/h2-10H,11H2,1H3. The van der Waals surface area contributed by atoms with E-state index in [1.54, 1.807) is 0 Å². The van der Waals surface area contributed by atoms with E-state index in [0.29, 0.717) is 11.3 Å². The summed E-state index contributed by atoms with van der Waals surface area (Å²) in [5, 5.41) is 2.00. The molecule has 0 aliphatic rings. The van der Waals surface area contributed by atoms with Gasteiger partial charge >= 0.3 is 0 Å². The van der Waals surface area contributed by atoms with Gasteiger partial charge in [-0.2, -0.15) is 0 Å². The number of rotatable bonds is 5. The Morgan fingerprint density at radius 2 is 1.83 bits per heavy atom. The summed E-state index contributed by atoms with van der Waals surface area (Å²) in [4.78, 5) is 16.6. The van der Waals surface area contributed by atoms with Crippen LogP contribution in [0.2, 0.25) is 0 Å². The number of aryl methyl sites for hydroxylation is 1. The van der Waals surface area contributed by atoms with E-state index in [0.717, 1.165) is 15.6 Å². The highest BCUT2D eigenvalue weighted by atomic mass is 32.2. The first kappa shape index (κ1) is 15.9. The third-order valence-corrected chi connectivity index (χ3v) is 5.34. The molecule has 0 spiro atoms. The van der Waals surface area contributed by atoms with E-state index in [2.05, 4.69) is 17.1 Å². The van der Waals surface area contributed by atoms with Crippen molar-refractivity contribution in [1.29, 1.82) is 0 Å². The second kappa shape index (κ2) is 7.06. The van der Waals surface area contributed by atoms with Crippen LogP contribution in [0.4, 0.5) is 4.39 Å². The van der Waals surface area contributed by atoms with Crippen molar-refractivity contribution in [3.63, 3.8) is 0 Å². The molecule has 0 saturated heterocycles. The number of hydrogen-bond acceptors (Lipinski definition) is 4. The molecule has 0 atom stereocenters. The molecule has 0 aliphatic carbocycles. The highest BCUT2D eigenvalue weighted by Crippen LogP contribution is 2.28. The Morgan fingerprint density at radius 1 is 1.13 bits per heavy atom. The second-order valence-electron chi connectivity index (χ2n) is 5.08. The van der Waals surface area contributed by atoms with Gasteiger partial charge in [-0.05, 0) is 31.2 Å². The fraction of sp³-hybridized carbons (Fsp3) is 0.111. The summed E-state index contributed by atoms with van der Waals surface area (Å²) in [6.07, 6.45) is 0. The van der Waals surface area contributed by atoms with Crippen molar-refractivity contribution >= 4 is 28.9 Å². The number of nitrogens with zero attached hydrogens (tertiary/aromatic N) is 1. The number of carbonyl (C=O) groups excluding carboxylic acids is 1. The smallest absolute Gasteiger partial charge is 0.173 e. The summed E-state index contributed by atoms with van der Waals surface area (Å²) in [7, 11) is 0. The van der Waals surface area contributed by atoms with E-state index in [1.807, 2.05) is 24.4 Å². The lowest BCUT2D eigenvalue weighted by atomic mass is 10.1. The molecule has 23 heavy (non-hydrogen) atoms. The predicted octanol–water partition coefficient (Wildman–Crippen LogP) is 5.23. The van der Waals surface area contributed by atoms with Crippen LogP contribution in [0.15, 0.2) is 58.3 Å². The number of halogens is 1. The summed E-state index contributed by atoms with van der Waals surface area (Å²) < 4.78 is 13.7. The van der Waals surface area contributed by atoms with Gasteiger partial charge in [0.25, 0.3) is 0 Å². The molecule has 2 aromatic carbocycles. The maximum absolute atomic E-state index is 12.9. The highest BCUT2D eigenvalue weighted by molar-refractivity contribution is 8.01. The molecule has 3 rings (SSSR count). The molecular formula is C18H14FNOS2. The van der Waals surface area contributed by atoms with E-state index in [-0.39, 0.29) is 11.6 Å². The Labute approximate surface area is 142 Å². The molecule has 1 heterocycles. The van der Waals surface area contributed by atoms with Gasteiger partial charge in [-0.15, -0.1) is 11.3 Å². The average molecular weight is 343 g/mol. The normalized spacial score (nSPS) is 10.7. The number of ketones is 1. The van der Waals surface area contributed by atoms with E-state index < -0.39 is 0 Å². The van der Waals surface area contributed by atoms with E-state index in [9.17, 15) is 9.18 Å². The minimum atomic E-state index is -0.336. The van der Waals surface area contributed by atoms with Crippen LogP contribution in [0.25, 0.3) is 11.3 Å². The molecule has 0 saturated carbocycles. The van der Waals surface area contributed by atoms with Crippen molar-refractivity contribution in [2.45, 2.75) is 11.3 Å². The molecule has 0 fully saturated rings. The van der Waals surface area contributed by atoms with Gasteiger partial charge in [0, 0.05) is 16.5 Å². The number of thiazole rings is 1. The summed E-state index contributed by atoms with van der Waals surface area (Å²) in [6.45, 7) is 2.05. The van der Waals surface area contributed by atoms with Gasteiger partial charge in [-0.3, -0.25) is 4.79 Å². The molecule has 0 unspecified atom stereocenters. The molecule has 3 aromatic rings. The van der Waals surface area contributed by atoms with Crippen LogP contribution >= 0.6 is 23.1 Å². The van der Waals surface area contributed by atoms with Crippen LogP contribution < -0.4 is 0 Å². The monoisotopic (exact) mass is 343 g/mol. The Balaban J connectivity index is 1.64. The van der Waals surface area contributed by atoms with Crippen molar-refractivity contribution < 1.29 is 9.18 Å². The van der Waals surface area contributed by atoms with Gasteiger partial charge in [-0.1, -0.05) is 41.6 Å². The minimum Gasteiger partial charge on any atom is -0.293 e. The van der Waals surface area contributed by atoms with Crippen molar-refractivity contribution in [1.82, 2.24) is 4.98 Å². The Bertz CT molecular complexity index is 810.